The van der Waals surface area contributed by atoms with E-state index in [2.05, 4.69) is 29.0 Å². The van der Waals surface area contributed by atoms with E-state index in [1.54, 1.807) is 6.33 Å². The van der Waals surface area contributed by atoms with Gasteiger partial charge in [0.2, 0.25) is 0 Å². The maximum absolute atomic E-state index is 5.53. The second kappa shape index (κ2) is 3.72. The predicted molar refractivity (Wildman–Crippen MR) is 57.0 cm³/mol. The van der Waals surface area contributed by atoms with Crippen molar-refractivity contribution in [3.8, 4) is 0 Å². The molecule has 0 aliphatic rings. The molecule has 0 atom stereocenters. The Hall–Kier alpha value is -1.48. The zero-order valence-electron chi connectivity index (χ0n) is 8.20. The molecule has 72 valence electrons. The molecule has 0 bridgehead atoms. The predicted octanol–water partition coefficient (Wildman–Crippen LogP) is 1.44. The lowest BCUT2D eigenvalue weighted by atomic mass is 10.1. The lowest BCUT2D eigenvalue weighted by Gasteiger charge is -2.03. The first-order chi connectivity index (χ1) is 6.81. The summed E-state index contributed by atoms with van der Waals surface area (Å²) in [5.74, 6) is 0. The number of nitrogens with zero attached hydrogens (tertiary/aromatic N) is 2. The van der Waals surface area contributed by atoms with Gasteiger partial charge in [-0.15, -0.1) is 0 Å². The molecule has 3 nitrogen and oxygen atoms in total. The summed E-state index contributed by atoms with van der Waals surface area (Å²) in [7, 11) is 0. The van der Waals surface area contributed by atoms with Gasteiger partial charge >= 0.3 is 0 Å². The van der Waals surface area contributed by atoms with Gasteiger partial charge in [-0.1, -0.05) is 11.6 Å². The Morgan fingerprint density at radius 2 is 2.14 bits per heavy atom. The van der Waals surface area contributed by atoms with Crippen LogP contribution in [0.4, 0.5) is 0 Å². The maximum atomic E-state index is 5.53. The summed E-state index contributed by atoms with van der Waals surface area (Å²) in [6, 6.07) is 6.19. The van der Waals surface area contributed by atoms with Crippen LogP contribution < -0.4 is 5.73 Å². The van der Waals surface area contributed by atoms with Crippen LogP contribution in [0.3, 0.4) is 0 Å². The van der Waals surface area contributed by atoms with E-state index in [-0.39, 0.29) is 0 Å². The van der Waals surface area contributed by atoms with Crippen LogP contribution in [0.25, 0.3) is 10.9 Å². The Morgan fingerprint density at radius 1 is 1.29 bits per heavy atom. The molecule has 3 heteroatoms. The Morgan fingerprint density at radius 3 is 2.93 bits per heavy atom. The molecule has 2 N–H and O–H groups in total. The van der Waals surface area contributed by atoms with Gasteiger partial charge in [0.25, 0.3) is 0 Å². The molecule has 0 saturated carbocycles. The van der Waals surface area contributed by atoms with Gasteiger partial charge in [-0.3, -0.25) is 0 Å². The van der Waals surface area contributed by atoms with Gasteiger partial charge in [-0.05, 0) is 25.6 Å². The van der Waals surface area contributed by atoms with Crippen LogP contribution in [0.5, 0.6) is 0 Å². The molecule has 14 heavy (non-hydrogen) atoms. The summed E-state index contributed by atoms with van der Waals surface area (Å²) in [4.78, 5) is 8.46. The molecule has 0 spiro atoms. The molecule has 1 aromatic carbocycles. The van der Waals surface area contributed by atoms with Gasteiger partial charge in [0.1, 0.15) is 6.33 Å². The number of aryl methyl sites for hydroxylation is 1. The third kappa shape index (κ3) is 1.59. The molecule has 0 saturated heterocycles. The molecule has 2 rings (SSSR count). The summed E-state index contributed by atoms with van der Waals surface area (Å²) in [6.07, 6.45) is 2.41. The van der Waals surface area contributed by atoms with Gasteiger partial charge in [0, 0.05) is 11.8 Å². The van der Waals surface area contributed by atoms with E-state index in [9.17, 15) is 0 Å². The average Bonchev–Trinajstić information content (AvgIpc) is 2.19. The molecule has 0 amide bonds. The molecule has 0 aliphatic carbocycles. The SMILES string of the molecule is Cc1ccc2ncnc(CCN)c2c1. The van der Waals surface area contributed by atoms with Crippen molar-refractivity contribution < 1.29 is 0 Å². The smallest absolute Gasteiger partial charge is 0.116 e. The van der Waals surface area contributed by atoms with E-state index < -0.39 is 0 Å². The Balaban J connectivity index is 2.64. The topological polar surface area (TPSA) is 51.8 Å². The first-order valence-corrected chi connectivity index (χ1v) is 4.71. The van der Waals surface area contributed by atoms with Crippen molar-refractivity contribution >= 4 is 10.9 Å². The monoisotopic (exact) mass is 187 g/mol. The largest absolute Gasteiger partial charge is 0.330 e. The molecular weight excluding hydrogens is 174 g/mol. The van der Waals surface area contributed by atoms with Crippen LogP contribution >= 0.6 is 0 Å². The van der Waals surface area contributed by atoms with E-state index in [1.165, 1.54) is 5.56 Å². The second-order valence-electron chi connectivity index (χ2n) is 3.38. The minimum atomic E-state index is 0.625. The number of benzene rings is 1. The van der Waals surface area contributed by atoms with Gasteiger partial charge in [-0.2, -0.15) is 0 Å². The van der Waals surface area contributed by atoms with E-state index in [1.807, 2.05) is 6.07 Å². The van der Waals surface area contributed by atoms with Crippen molar-refractivity contribution in [2.45, 2.75) is 13.3 Å². The van der Waals surface area contributed by atoms with Crippen molar-refractivity contribution in [3.05, 3.63) is 35.8 Å². The summed E-state index contributed by atoms with van der Waals surface area (Å²) in [6.45, 7) is 2.69. The Bertz CT molecular complexity index is 451. The van der Waals surface area contributed by atoms with Crippen molar-refractivity contribution in [2.75, 3.05) is 6.54 Å². The minimum Gasteiger partial charge on any atom is -0.330 e. The molecule has 0 fully saturated rings. The normalized spacial score (nSPS) is 10.7. The fourth-order valence-electron chi connectivity index (χ4n) is 1.56. The molecule has 1 heterocycles. The molecule has 2 aromatic rings. The summed E-state index contributed by atoms with van der Waals surface area (Å²) < 4.78 is 0. The summed E-state index contributed by atoms with van der Waals surface area (Å²) in [5, 5.41) is 1.12. The number of hydrogen-bond acceptors (Lipinski definition) is 3. The van der Waals surface area contributed by atoms with Gasteiger partial charge < -0.3 is 5.73 Å². The fraction of sp³-hybridized carbons (Fsp3) is 0.273. The Kier molecular flexibility index (Phi) is 2.41. The molecular formula is C11H13N3. The van der Waals surface area contributed by atoms with Gasteiger partial charge in [0.15, 0.2) is 0 Å². The number of aromatic nitrogens is 2. The van der Waals surface area contributed by atoms with Crippen molar-refractivity contribution in [1.82, 2.24) is 9.97 Å². The molecule has 0 unspecified atom stereocenters. The van der Waals surface area contributed by atoms with E-state index in [4.69, 9.17) is 5.73 Å². The van der Waals surface area contributed by atoms with E-state index in [0.717, 1.165) is 23.0 Å². The first-order valence-electron chi connectivity index (χ1n) is 4.71. The quantitative estimate of drug-likeness (QED) is 0.774. The summed E-state index contributed by atoms with van der Waals surface area (Å²) >= 11 is 0. The fourth-order valence-corrected chi connectivity index (χ4v) is 1.56. The van der Waals surface area contributed by atoms with Crippen LogP contribution in [-0.2, 0) is 6.42 Å². The minimum absolute atomic E-state index is 0.625. The zero-order valence-corrected chi connectivity index (χ0v) is 8.20. The van der Waals surface area contributed by atoms with Crippen molar-refractivity contribution in [1.29, 1.82) is 0 Å². The summed E-state index contributed by atoms with van der Waals surface area (Å²) in [5.41, 5.74) is 8.79. The lowest BCUT2D eigenvalue weighted by molar-refractivity contribution is 0.926. The van der Waals surface area contributed by atoms with Gasteiger partial charge in [-0.25, -0.2) is 9.97 Å². The highest BCUT2D eigenvalue weighted by molar-refractivity contribution is 5.81. The molecule has 1 aromatic heterocycles. The zero-order chi connectivity index (χ0) is 9.97. The number of rotatable bonds is 2. The number of fused-ring (bicyclic) bond motifs is 1. The average molecular weight is 187 g/mol. The van der Waals surface area contributed by atoms with Crippen LogP contribution in [0.2, 0.25) is 0 Å². The molecule has 0 aliphatic heterocycles. The number of nitrogens with two attached hydrogens (primary N) is 1. The van der Waals surface area contributed by atoms with E-state index in [0.29, 0.717) is 6.54 Å². The van der Waals surface area contributed by atoms with Gasteiger partial charge in [0.05, 0.1) is 11.2 Å². The Labute approximate surface area is 83.0 Å². The van der Waals surface area contributed by atoms with Crippen LogP contribution in [0, 0.1) is 6.92 Å². The van der Waals surface area contributed by atoms with E-state index >= 15 is 0 Å². The third-order valence-corrected chi connectivity index (χ3v) is 2.25. The van der Waals surface area contributed by atoms with Crippen molar-refractivity contribution in [2.24, 2.45) is 5.73 Å². The standard InChI is InChI=1S/C11H13N3/c1-8-2-3-10-9(6-8)11(4-5-12)14-7-13-10/h2-3,6-7H,4-5,12H2,1H3. The number of hydrogen-bond donors (Lipinski definition) is 1. The lowest BCUT2D eigenvalue weighted by Crippen LogP contribution is -2.05. The first kappa shape index (κ1) is 9.09. The molecule has 0 radical (unpaired) electrons. The second-order valence-corrected chi connectivity index (χ2v) is 3.38. The van der Waals surface area contributed by atoms with Crippen molar-refractivity contribution in [3.63, 3.8) is 0 Å². The highest BCUT2D eigenvalue weighted by Gasteiger charge is 2.02. The third-order valence-electron chi connectivity index (χ3n) is 2.25. The van der Waals surface area contributed by atoms with Crippen LogP contribution in [0.15, 0.2) is 24.5 Å². The maximum Gasteiger partial charge on any atom is 0.116 e. The highest BCUT2D eigenvalue weighted by Crippen LogP contribution is 2.16. The van der Waals surface area contributed by atoms with Crippen LogP contribution in [0.1, 0.15) is 11.3 Å². The van der Waals surface area contributed by atoms with Crippen LogP contribution in [-0.4, -0.2) is 16.5 Å². The highest BCUT2D eigenvalue weighted by atomic mass is 14.8.